The zero-order chi connectivity index (χ0) is 20.4. The van der Waals surface area contributed by atoms with E-state index in [-0.39, 0.29) is 16.9 Å². The molecule has 156 valence electrons. The van der Waals surface area contributed by atoms with Gasteiger partial charge in [0, 0.05) is 30.2 Å². The van der Waals surface area contributed by atoms with Gasteiger partial charge in [0.1, 0.15) is 0 Å². The number of hydrogen-bond acceptors (Lipinski definition) is 7. The van der Waals surface area contributed by atoms with E-state index in [1.54, 1.807) is 28.2 Å². The van der Waals surface area contributed by atoms with Crippen LogP contribution < -0.4 is 18.9 Å². The Labute approximate surface area is 174 Å². The highest BCUT2D eigenvalue weighted by Gasteiger charge is 2.29. The Balaban J connectivity index is 1.52. The van der Waals surface area contributed by atoms with Crippen LogP contribution in [-0.4, -0.2) is 52.6 Å². The second-order valence-electron chi connectivity index (χ2n) is 6.68. The summed E-state index contributed by atoms with van der Waals surface area (Å²) in [6.07, 6.45) is 0.719. The van der Waals surface area contributed by atoms with Crippen LogP contribution in [0.25, 0.3) is 0 Å². The van der Waals surface area contributed by atoms with Gasteiger partial charge in [0.15, 0.2) is 23.0 Å². The number of ether oxygens (including phenoxy) is 4. The Kier molecular flexibility index (Phi) is 5.80. The van der Waals surface area contributed by atoms with Crippen LogP contribution in [0, 0.1) is 0 Å². The van der Waals surface area contributed by atoms with Gasteiger partial charge in [-0.05, 0) is 36.2 Å². The lowest BCUT2D eigenvalue weighted by molar-refractivity contribution is 0.174. The molecule has 1 saturated heterocycles. The Morgan fingerprint density at radius 2 is 1.79 bits per heavy atom. The Bertz CT molecular complexity index is 994. The van der Waals surface area contributed by atoms with Crippen LogP contribution in [-0.2, 0) is 10.0 Å². The maximum Gasteiger partial charge on any atom is 0.243 e. The van der Waals surface area contributed by atoms with Gasteiger partial charge in [0.2, 0.25) is 16.8 Å². The van der Waals surface area contributed by atoms with Gasteiger partial charge in [0.25, 0.3) is 0 Å². The molecule has 0 N–H and O–H groups in total. The quantitative estimate of drug-likeness (QED) is 0.710. The van der Waals surface area contributed by atoms with E-state index in [0.29, 0.717) is 30.3 Å². The predicted molar refractivity (Wildman–Crippen MR) is 111 cm³/mol. The van der Waals surface area contributed by atoms with Gasteiger partial charge in [-0.2, -0.15) is 16.1 Å². The number of fused-ring (bicyclic) bond motifs is 1. The average Bonchev–Trinajstić information content (AvgIpc) is 3.06. The molecule has 0 aliphatic carbocycles. The largest absolute Gasteiger partial charge is 0.493 e. The van der Waals surface area contributed by atoms with Crippen LogP contribution in [0.5, 0.6) is 23.0 Å². The molecule has 2 aliphatic heterocycles. The summed E-state index contributed by atoms with van der Waals surface area (Å²) < 4.78 is 49.2. The first-order valence-electron chi connectivity index (χ1n) is 9.26. The van der Waals surface area contributed by atoms with Crippen LogP contribution in [0.4, 0.5) is 0 Å². The number of nitrogens with zero attached hydrogens (tertiary/aromatic N) is 1. The van der Waals surface area contributed by atoms with E-state index in [2.05, 4.69) is 0 Å². The van der Waals surface area contributed by atoms with Gasteiger partial charge < -0.3 is 18.9 Å². The molecular formula is C20H23NO6S2. The number of methoxy groups -OCH3 is 2. The van der Waals surface area contributed by atoms with E-state index in [1.165, 1.54) is 20.3 Å². The average molecular weight is 438 g/mol. The van der Waals surface area contributed by atoms with Gasteiger partial charge in [-0.15, -0.1) is 0 Å². The first-order valence-corrected chi connectivity index (χ1v) is 11.7. The third-order valence-corrected chi connectivity index (χ3v) is 8.28. The monoisotopic (exact) mass is 437 g/mol. The molecule has 4 rings (SSSR count). The van der Waals surface area contributed by atoms with Crippen molar-refractivity contribution >= 4 is 21.8 Å². The van der Waals surface area contributed by atoms with Crippen molar-refractivity contribution in [2.24, 2.45) is 0 Å². The second-order valence-corrected chi connectivity index (χ2v) is 9.93. The van der Waals surface area contributed by atoms with Crippen molar-refractivity contribution in [3.05, 3.63) is 42.0 Å². The topological polar surface area (TPSA) is 74.3 Å². The van der Waals surface area contributed by atoms with Gasteiger partial charge in [0.05, 0.1) is 19.1 Å². The minimum absolute atomic E-state index is 0.204. The van der Waals surface area contributed by atoms with Crippen LogP contribution >= 0.6 is 11.8 Å². The Morgan fingerprint density at radius 1 is 1.00 bits per heavy atom. The van der Waals surface area contributed by atoms with Crippen molar-refractivity contribution in [3.8, 4) is 23.0 Å². The van der Waals surface area contributed by atoms with E-state index >= 15 is 0 Å². The molecule has 0 amide bonds. The summed E-state index contributed by atoms with van der Waals surface area (Å²) in [5.41, 5.74) is 1.13. The smallest absolute Gasteiger partial charge is 0.243 e. The highest BCUT2D eigenvalue weighted by atomic mass is 32.2. The van der Waals surface area contributed by atoms with Crippen LogP contribution in [0.15, 0.2) is 41.3 Å². The first-order chi connectivity index (χ1) is 14.0. The Morgan fingerprint density at radius 3 is 2.59 bits per heavy atom. The lowest BCUT2D eigenvalue weighted by Gasteiger charge is -2.21. The van der Waals surface area contributed by atoms with Crippen LogP contribution in [0.1, 0.15) is 17.2 Å². The van der Waals surface area contributed by atoms with E-state index in [1.807, 2.05) is 18.2 Å². The molecular weight excluding hydrogens is 414 g/mol. The van der Waals surface area contributed by atoms with Crippen LogP contribution in [0.2, 0.25) is 0 Å². The van der Waals surface area contributed by atoms with Crippen molar-refractivity contribution < 1.29 is 27.4 Å². The molecule has 0 spiro atoms. The summed E-state index contributed by atoms with van der Waals surface area (Å²) in [4.78, 5) is 0.210. The first kappa shape index (κ1) is 20.2. The molecule has 0 aromatic heterocycles. The molecule has 0 bridgehead atoms. The highest BCUT2D eigenvalue weighted by Crippen LogP contribution is 2.41. The molecule has 0 radical (unpaired) electrons. The normalized spacial score (nSPS) is 19.6. The standard InChI is InChI=1S/C20H23NO6S2/c1-24-16-6-4-15(12-18(16)25-2)29(22,23)21-8-7-20(28-10-9-21)14-3-5-17-19(11-14)27-13-26-17/h3-6,11-12,20H,7-10,13H2,1-2H3. The molecule has 0 saturated carbocycles. The van der Waals surface area contributed by atoms with Crippen molar-refractivity contribution in [1.29, 1.82) is 0 Å². The number of sulfonamides is 1. The predicted octanol–water partition coefficient (Wildman–Crippen LogP) is 3.30. The highest BCUT2D eigenvalue weighted by molar-refractivity contribution is 7.99. The fourth-order valence-corrected chi connectivity index (χ4v) is 6.30. The molecule has 2 aliphatic rings. The van der Waals surface area contributed by atoms with E-state index < -0.39 is 10.0 Å². The molecule has 29 heavy (non-hydrogen) atoms. The lowest BCUT2D eigenvalue weighted by Crippen LogP contribution is -2.33. The zero-order valence-corrected chi connectivity index (χ0v) is 17.9. The molecule has 7 nitrogen and oxygen atoms in total. The Hall–Kier alpha value is -2.10. The molecule has 2 aromatic rings. The second kappa shape index (κ2) is 8.33. The summed E-state index contributed by atoms with van der Waals surface area (Å²) >= 11 is 1.76. The minimum Gasteiger partial charge on any atom is -0.493 e. The summed E-state index contributed by atoms with van der Waals surface area (Å²) in [6.45, 7) is 1.15. The van der Waals surface area contributed by atoms with E-state index in [4.69, 9.17) is 18.9 Å². The fourth-order valence-electron chi connectivity index (χ4n) is 3.50. The SMILES string of the molecule is COc1ccc(S(=O)(=O)N2CCSC(c3ccc4c(c3)OCO4)CC2)cc1OC. The van der Waals surface area contributed by atoms with Gasteiger partial charge in [-0.1, -0.05) is 6.07 Å². The van der Waals surface area contributed by atoms with Gasteiger partial charge in [-0.25, -0.2) is 8.42 Å². The summed E-state index contributed by atoms with van der Waals surface area (Å²) in [6, 6.07) is 10.6. The van der Waals surface area contributed by atoms with Crippen molar-refractivity contribution in [2.75, 3.05) is 39.9 Å². The molecule has 2 heterocycles. The minimum atomic E-state index is -3.62. The van der Waals surface area contributed by atoms with E-state index in [9.17, 15) is 8.42 Å². The number of rotatable bonds is 5. The molecule has 9 heteroatoms. The summed E-state index contributed by atoms with van der Waals surface area (Å²) in [7, 11) is -0.603. The number of thioether (sulfide) groups is 1. The molecule has 1 fully saturated rings. The fraction of sp³-hybridized carbons (Fsp3) is 0.400. The summed E-state index contributed by atoms with van der Waals surface area (Å²) in [5, 5.41) is 0.204. The van der Waals surface area contributed by atoms with Crippen LogP contribution in [0.3, 0.4) is 0 Å². The zero-order valence-electron chi connectivity index (χ0n) is 16.3. The summed E-state index contributed by atoms with van der Waals surface area (Å²) in [5.74, 6) is 3.12. The third-order valence-electron chi connectivity index (χ3n) is 5.06. The van der Waals surface area contributed by atoms with E-state index in [0.717, 1.165) is 23.5 Å². The maximum atomic E-state index is 13.2. The molecule has 1 unspecified atom stereocenters. The third kappa shape index (κ3) is 3.99. The molecule has 2 aromatic carbocycles. The van der Waals surface area contributed by atoms with Crippen molar-refractivity contribution in [3.63, 3.8) is 0 Å². The van der Waals surface area contributed by atoms with Crippen molar-refractivity contribution in [1.82, 2.24) is 4.31 Å². The van der Waals surface area contributed by atoms with Crippen molar-refractivity contribution in [2.45, 2.75) is 16.6 Å². The lowest BCUT2D eigenvalue weighted by atomic mass is 10.1. The number of benzene rings is 2. The van der Waals surface area contributed by atoms with Gasteiger partial charge in [-0.3, -0.25) is 0 Å². The molecule has 1 atom stereocenters. The maximum absolute atomic E-state index is 13.2. The van der Waals surface area contributed by atoms with Gasteiger partial charge >= 0.3 is 0 Å². The number of hydrogen-bond donors (Lipinski definition) is 0.